The molecular weight excluding hydrogens is 332 g/mol. The predicted molar refractivity (Wildman–Crippen MR) is 110 cm³/mol. The maximum atomic E-state index is 11.8. The summed E-state index contributed by atoms with van der Waals surface area (Å²) in [6.07, 6.45) is 4.45. The molecule has 1 saturated carbocycles. The molecule has 2 aromatic carbocycles. The normalized spacial score (nSPS) is 21.4. The molecule has 0 saturated heterocycles. The number of carboxylic acids is 1. The monoisotopic (exact) mass is 362 g/mol. The molecule has 0 radical (unpaired) electrons. The molecule has 27 heavy (non-hydrogen) atoms. The average molecular weight is 363 g/mol. The highest BCUT2D eigenvalue weighted by atomic mass is 16.4. The third-order valence-electron chi connectivity index (χ3n) is 7.14. The van der Waals surface area contributed by atoms with Gasteiger partial charge in [-0.3, -0.25) is 0 Å². The van der Waals surface area contributed by atoms with E-state index in [-0.39, 0.29) is 16.2 Å². The van der Waals surface area contributed by atoms with Gasteiger partial charge in [0.25, 0.3) is 0 Å². The molecule has 2 aliphatic rings. The van der Waals surface area contributed by atoms with Crippen LogP contribution in [0.5, 0.6) is 0 Å². The van der Waals surface area contributed by atoms with E-state index in [0.29, 0.717) is 5.56 Å². The highest BCUT2D eigenvalue weighted by Crippen LogP contribution is 2.57. The van der Waals surface area contributed by atoms with Gasteiger partial charge in [-0.2, -0.15) is 0 Å². The number of benzene rings is 2. The molecule has 2 aliphatic carbocycles. The van der Waals surface area contributed by atoms with E-state index in [9.17, 15) is 9.90 Å². The van der Waals surface area contributed by atoms with Crippen molar-refractivity contribution in [1.29, 1.82) is 0 Å². The van der Waals surface area contributed by atoms with Gasteiger partial charge in [-0.25, -0.2) is 4.79 Å². The molecule has 2 heteroatoms. The minimum absolute atomic E-state index is 0.133. The van der Waals surface area contributed by atoms with E-state index < -0.39 is 5.97 Å². The van der Waals surface area contributed by atoms with Crippen LogP contribution in [0.15, 0.2) is 36.4 Å². The summed E-state index contributed by atoms with van der Waals surface area (Å²) in [6, 6.07) is 12.4. The molecule has 0 amide bonds. The van der Waals surface area contributed by atoms with Crippen molar-refractivity contribution in [3.05, 3.63) is 69.8 Å². The first-order chi connectivity index (χ1) is 12.6. The molecular formula is C25H30O2. The smallest absolute Gasteiger partial charge is 0.335 e. The Kier molecular flexibility index (Phi) is 3.86. The lowest BCUT2D eigenvalue weighted by Gasteiger charge is -2.43. The van der Waals surface area contributed by atoms with E-state index >= 15 is 0 Å². The average Bonchev–Trinajstić information content (AvgIpc) is 3.40. The summed E-state index contributed by atoms with van der Waals surface area (Å²) in [6.45, 7) is 11.6. The molecule has 0 aliphatic heterocycles. The molecule has 1 fully saturated rings. The summed E-state index contributed by atoms with van der Waals surface area (Å²) in [5.74, 6) is -0.825. The molecule has 0 heterocycles. The largest absolute Gasteiger partial charge is 0.478 e. The van der Waals surface area contributed by atoms with E-state index in [2.05, 4.69) is 46.8 Å². The van der Waals surface area contributed by atoms with Gasteiger partial charge in [0, 0.05) is 5.41 Å². The molecule has 0 unspecified atom stereocenters. The number of aryl methyl sites for hydroxylation is 1. The minimum Gasteiger partial charge on any atom is -0.478 e. The van der Waals surface area contributed by atoms with E-state index in [0.717, 1.165) is 18.4 Å². The van der Waals surface area contributed by atoms with Crippen LogP contribution in [0.1, 0.15) is 91.6 Å². The second-order valence-electron chi connectivity index (χ2n) is 9.91. The maximum absolute atomic E-state index is 11.8. The Bertz CT molecular complexity index is 929. The van der Waals surface area contributed by atoms with Crippen LogP contribution in [0, 0.1) is 6.92 Å². The zero-order chi connectivity index (χ0) is 19.6. The molecule has 1 N–H and O–H groups in total. The van der Waals surface area contributed by atoms with Gasteiger partial charge in [-0.1, -0.05) is 58.0 Å². The van der Waals surface area contributed by atoms with Gasteiger partial charge in [-0.15, -0.1) is 0 Å². The van der Waals surface area contributed by atoms with Gasteiger partial charge in [0.2, 0.25) is 0 Å². The fraction of sp³-hybridized carbons (Fsp3) is 0.480. The quantitative estimate of drug-likeness (QED) is 0.714. The van der Waals surface area contributed by atoms with Crippen molar-refractivity contribution in [3.63, 3.8) is 0 Å². The van der Waals surface area contributed by atoms with Crippen LogP contribution in [-0.4, -0.2) is 11.1 Å². The van der Waals surface area contributed by atoms with Gasteiger partial charge in [0.15, 0.2) is 0 Å². The van der Waals surface area contributed by atoms with Crippen molar-refractivity contribution in [1.82, 2.24) is 0 Å². The lowest BCUT2D eigenvalue weighted by molar-refractivity contribution is 0.0695. The summed E-state index contributed by atoms with van der Waals surface area (Å²) in [4.78, 5) is 11.8. The van der Waals surface area contributed by atoms with Crippen LogP contribution in [0.4, 0.5) is 0 Å². The van der Waals surface area contributed by atoms with Crippen LogP contribution < -0.4 is 0 Å². The number of fused-ring (bicyclic) bond motifs is 1. The fourth-order valence-corrected chi connectivity index (χ4v) is 5.13. The van der Waals surface area contributed by atoms with Crippen molar-refractivity contribution in [3.8, 4) is 0 Å². The molecule has 2 nitrogen and oxygen atoms in total. The Morgan fingerprint density at radius 3 is 1.93 bits per heavy atom. The maximum Gasteiger partial charge on any atom is 0.335 e. The van der Waals surface area contributed by atoms with Gasteiger partial charge in [0.05, 0.1) is 5.56 Å². The summed E-state index contributed by atoms with van der Waals surface area (Å²) in [7, 11) is 0. The number of aromatic carboxylic acids is 1. The number of hydrogen-bond acceptors (Lipinski definition) is 1. The molecule has 0 spiro atoms. The third kappa shape index (κ3) is 2.72. The molecule has 0 aromatic heterocycles. The van der Waals surface area contributed by atoms with Crippen molar-refractivity contribution in [2.24, 2.45) is 0 Å². The second-order valence-corrected chi connectivity index (χ2v) is 9.91. The Balaban J connectivity index is 1.93. The Hall–Kier alpha value is -2.09. The number of hydrogen-bond donors (Lipinski definition) is 1. The van der Waals surface area contributed by atoms with Crippen LogP contribution >= 0.6 is 0 Å². The number of carbonyl (C=O) groups is 1. The van der Waals surface area contributed by atoms with Crippen molar-refractivity contribution in [2.75, 3.05) is 0 Å². The van der Waals surface area contributed by atoms with Crippen molar-refractivity contribution >= 4 is 5.97 Å². The Morgan fingerprint density at radius 1 is 0.815 bits per heavy atom. The van der Waals surface area contributed by atoms with E-state index in [4.69, 9.17) is 0 Å². The molecule has 142 valence electrons. The first-order valence-corrected chi connectivity index (χ1v) is 10.1. The summed E-state index contributed by atoms with van der Waals surface area (Å²) >= 11 is 0. The third-order valence-corrected chi connectivity index (χ3v) is 7.14. The van der Waals surface area contributed by atoms with Crippen LogP contribution in [-0.2, 0) is 16.2 Å². The standard InChI is InChI=1S/C25H30O2/c1-16-14-20-21(24(4,5)11-10-23(20,2)3)15-19(16)25(12-13-25)18-9-7-6-8-17(18)22(26)27/h6-9,14-15H,10-13H2,1-5H3,(H,26,27). The second kappa shape index (κ2) is 5.70. The molecule has 0 bridgehead atoms. The van der Waals surface area contributed by atoms with Gasteiger partial charge in [-0.05, 0) is 77.3 Å². The molecule has 0 atom stereocenters. The highest BCUT2D eigenvalue weighted by Gasteiger charge is 2.49. The van der Waals surface area contributed by atoms with Gasteiger partial charge >= 0.3 is 5.97 Å². The summed E-state index contributed by atoms with van der Waals surface area (Å²) in [5, 5.41) is 9.72. The van der Waals surface area contributed by atoms with Crippen molar-refractivity contribution in [2.45, 2.75) is 76.5 Å². The van der Waals surface area contributed by atoms with E-state index in [1.165, 1.54) is 35.1 Å². The lowest BCUT2D eigenvalue weighted by Crippen LogP contribution is -2.34. The first kappa shape index (κ1) is 18.3. The topological polar surface area (TPSA) is 37.3 Å². The SMILES string of the molecule is Cc1cc2c(cc1C1(c3ccccc3C(=O)O)CC1)C(C)(C)CCC2(C)C. The van der Waals surface area contributed by atoms with Crippen molar-refractivity contribution < 1.29 is 9.90 Å². The Morgan fingerprint density at radius 2 is 1.37 bits per heavy atom. The zero-order valence-corrected chi connectivity index (χ0v) is 17.1. The minimum atomic E-state index is -0.825. The molecule has 2 aromatic rings. The number of rotatable bonds is 3. The molecule has 4 rings (SSSR count). The fourth-order valence-electron chi connectivity index (χ4n) is 5.13. The lowest BCUT2D eigenvalue weighted by atomic mass is 9.62. The van der Waals surface area contributed by atoms with Crippen LogP contribution in [0.25, 0.3) is 0 Å². The van der Waals surface area contributed by atoms with Gasteiger partial charge < -0.3 is 5.11 Å². The van der Waals surface area contributed by atoms with Crippen LogP contribution in [0.2, 0.25) is 0 Å². The first-order valence-electron chi connectivity index (χ1n) is 10.1. The summed E-state index contributed by atoms with van der Waals surface area (Å²) in [5.41, 5.74) is 7.23. The summed E-state index contributed by atoms with van der Waals surface area (Å²) < 4.78 is 0. The zero-order valence-electron chi connectivity index (χ0n) is 17.1. The van der Waals surface area contributed by atoms with E-state index in [1.807, 2.05) is 18.2 Å². The van der Waals surface area contributed by atoms with E-state index in [1.54, 1.807) is 6.07 Å². The predicted octanol–water partition coefficient (Wildman–Crippen LogP) is 6.12. The van der Waals surface area contributed by atoms with Gasteiger partial charge in [0.1, 0.15) is 0 Å². The number of carboxylic acid groups (broad SMARTS) is 1. The highest BCUT2D eigenvalue weighted by molar-refractivity contribution is 5.90. The Labute approximate surface area is 162 Å². The van der Waals surface area contributed by atoms with Crippen LogP contribution in [0.3, 0.4) is 0 Å².